The van der Waals surface area contributed by atoms with Crippen molar-refractivity contribution in [2.45, 2.75) is 57.9 Å². The van der Waals surface area contributed by atoms with Crippen LogP contribution in [-0.2, 0) is 12.8 Å². The lowest BCUT2D eigenvalue weighted by Gasteiger charge is -2.39. The Morgan fingerprint density at radius 3 is 2.77 bits per heavy atom. The van der Waals surface area contributed by atoms with Crippen molar-refractivity contribution in [2.24, 2.45) is 0 Å². The average Bonchev–Trinajstić information content (AvgIpc) is 3.18. The minimum Gasteiger partial charge on any atom is -0.497 e. The molecule has 3 rings (SSSR count). The topological polar surface area (TPSA) is 25.6 Å². The largest absolute Gasteiger partial charge is 0.497 e. The van der Waals surface area contributed by atoms with Crippen molar-refractivity contribution in [1.29, 1.82) is 0 Å². The number of hydrogen-bond acceptors (Lipinski definition) is 3. The van der Waals surface area contributed by atoms with Gasteiger partial charge in [-0.15, -0.1) is 12.4 Å². The van der Waals surface area contributed by atoms with Gasteiger partial charge >= 0.3 is 0 Å². The zero-order valence-electron chi connectivity index (χ0n) is 16.2. The van der Waals surface area contributed by atoms with Gasteiger partial charge in [0.25, 0.3) is 0 Å². The van der Waals surface area contributed by atoms with Crippen LogP contribution >= 0.6 is 12.4 Å². The number of methoxy groups -OCH3 is 1. The van der Waals surface area contributed by atoms with Gasteiger partial charge in [0.15, 0.2) is 0 Å². The van der Waals surface area contributed by atoms with Gasteiger partial charge in [0.05, 0.1) is 13.4 Å². The van der Waals surface area contributed by atoms with Gasteiger partial charge in [-0.2, -0.15) is 0 Å². The molecule has 3 nitrogen and oxygen atoms in total. The van der Waals surface area contributed by atoms with Crippen LogP contribution in [0.25, 0.3) is 0 Å². The van der Waals surface area contributed by atoms with Gasteiger partial charge in [0, 0.05) is 19.0 Å². The predicted molar refractivity (Wildman–Crippen MR) is 110 cm³/mol. The van der Waals surface area contributed by atoms with E-state index in [1.165, 1.54) is 36.8 Å². The Labute approximate surface area is 164 Å². The van der Waals surface area contributed by atoms with Gasteiger partial charge < -0.3 is 9.15 Å². The number of halogens is 1. The van der Waals surface area contributed by atoms with Crippen molar-refractivity contribution in [3.63, 3.8) is 0 Å². The molecule has 1 aromatic carbocycles. The Hall–Kier alpha value is -1.45. The smallest absolute Gasteiger partial charge is 0.119 e. The second-order valence-corrected chi connectivity index (χ2v) is 7.00. The first-order valence-corrected chi connectivity index (χ1v) is 9.70. The minimum absolute atomic E-state index is 0. The molecule has 0 radical (unpaired) electrons. The number of rotatable bonds is 8. The highest BCUT2D eigenvalue weighted by atomic mass is 35.5. The zero-order valence-corrected chi connectivity index (χ0v) is 17.1. The molecule has 26 heavy (non-hydrogen) atoms. The van der Waals surface area contributed by atoms with Gasteiger partial charge in [-0.25, -0.2) is 0 Å². The molecular formula is C22H32ClNO2. The molecule has 0 fully saturated rings. The fraction of sp³-hybridized carbons (Fsp3) is 0.545. The number of furan rings is 1. The molecule has 0 saturated heterocycles. The molecule has 0 N–H and O–H groups in total. The fourth-order valence-corrected chi connectivity index (χ4v) is 4.42. The number of ether oxygens (including phenoxy) is 1. The minimum atomic E-state index is 0. The summed E-state index contributed by atoms with van der Waals surface area (Å²) in [6, 6.07) is 11.3. The summed E-state index contributed by atoms with van der Waals surface area (Å²) in [6.07, 6.45) is 7.68. The van der Waals surface area contributed by atoms with E-state index in [4.69, 9.17) is 9.15 Å². The summed E-state index contributed by atoms with van der Waals surface area (Å²) in [5.41, 5.74) is 3.02. The average molecular weight is 378 g/mol. The van der Waals surface area contributed by atoms with Crippen LogP contribution in [0.5, 0.6) is 5.75 Å². The Morgan fingerprint density at radius 1 is 1.27 bits per heavy atom. The number of nitrogens with zero attached hydrogens (tertiary/aromatic N) is 1. The highest BCUT2D eigenvalue weighted by Crippen LogP contribution is 2.38. The van der Waals surface area contributed by atoms with Gasteiger partial charge in [-0.05, 0) is 73.5 Å². The van der Waals surface area contributed by atoms with Gasteiger partial charge in [-0.1, -0.05) is 19.9 Å². The molecule has 0 saturated carbocycles. The van der Waals surface area contributed by atoms with E-state index < -0.39 is 0 Å². The number of fused-ring (bicyclic) bond motifs is 1. The molecule has 1 heterocycles. The summed E-state index contributed by atoms with van der Waals surface area (Å²) < 4.78 is 11.0. The van der Waals surface area contributed by atoms with Crippen molar-refractivity contribution < 1.29 is 9.15 Å². The Morgan fingerprint density at radius 2 is 2.12 bits per heavy atom. The van der Waals surface area contributed by atoms with E-state index in [0.29, 0.717) is 12.0 Å². The zero-order chi connectivity index (χ0) is 17.6. The third-order valence-electron chi connectivity index (χ3n) is 5.69. The third kappa shape index (κ3) is 4.63. The lowest BCUT2D eigenvalue weighted by atomic mass is 9.77. The summed E-state index contributed by atoms with van der Waals surface area (Å²) in [5.74, 6) is 2.69. The van der Waals surface area contributed by atoms with Crippen LogP contribution < -0.4 is 4.74 Å². The first-order valence-electron chi connectivity index (χ1n) is 9.70. The van der Waals surface area contributed by atoms with Crippen LogP contribution in [-0.4, -0.2) is 31.1 Å². The number of aryl methyl sites for hydroxylation is 1. The van der Waals surface area contributed by atoms with Gasteiger partial charge in [0.1, 0.15) is 11.5 Å². The molecular weight excluding hydrogens is 346 g/mol. The lowest BCUT2D eigenvalue weighted by molar-refractivity contribution is 0.163. The standard InChI is InChI=1S/C22H31NO2.ClH/c1-4-22(23(5-2)14-13-18-9-7-15-25-18)21-10-6-8-17-16-19(24-3)11-12-20(17)21;/h7,9,11-12,15-16,21-22H,4-6,8,10,13-14H2,1-3H3;1H. The predicted octanol–water partition coefficient (Wildman–Crippen LogP) is 5.47. The highest BCUT2D eigenvalue weighted by Gasteiger charge is 2.30. The van der Waals surface area contributed by atoms with E-state index in [1.807, 2.05) is 6.07 Å². The van der Waals surface area contributed by atoms with Crippen LogP contribution in [0.4, 0.5) is 0 Å². The Balaban J connectivity index is 0.00000243. The van der Waals surface area contributed by atoms with E-state index in [9.17, 15) is 0 Å². The van der Waals surface area contributed by atoms with Gasteiger partial charge in [0.2, 0.25) is 0 Å². The first kappa shape index (κ1) is 20.9. The molecule has 0 aliphatic heterocycles. The summed E-state index contributed by atoms with van der Waals surface area (Å²) in [6.45, 7) is 6.76. The van der Waals surface area contributed by atoms with Crippen LogP contribution in [0.3, 0.4) is 0 Å². The maximum atomic E-state index is 5.53. The summed E-state index contributed by atoms with van der Waals surface area (Å²) >= 11 is 0. The summed E-state index contributed by atoms with van der Waals surface area (Å²) in [7, 11) is 1.75. The van der Waals surface area contributed by atoms with E-state index in [2.05, 4.69) is 43.0 Å². The monoisotopic (exact) mass is 377 g/mol. The second-order valence-electron chi connectivity index (χ2n) is 7.00. The lowest BCUT2D eigenvalue weighted by Crippen LogP contribution is -2.41. The first-order chi connectivity index (χ1) is 12.3. The van der Waals surface area contributed by atoms with Crippen molar-refractivity contribution in [2.75, 3.05) is 20.2 Å². The Bertz CT molecular complexity index is 656. The molecule has 1 aliphatic rings. The van der Waals surface area contributed by atoms with Crippen molar-refractivity contribution in [3.8, 4) is 5.75 Å². The second kappa shape index (κ2) is 10.0. The van der Waals surface area contributed by atoms with E-state index in [0.717, 1.165) is 31.0 Å². The molecule has 144 valence electrons. The molecule has 2 unspecified atom stereocenters. The maximum Gasteiger partial charge on any atom is 0.119 e. The molecule has 1 aromatic heterocycles. The third-order valence-corrected chi connectivity index (χ3v) is 5.69. The number of hydrogen-bond donors (Lipinski definition) is 0. The number of likely N-dealkylation sites (N-methyl/N-ethyl adjacent to an activating group) is 1. The summed E-state index contributed by atoms with van der Waals surface area (Å²) in [4.78, 5) is 2.65. The van der Waals surface area contributed by atoms with E-state index >= 15 is 0 Å². The quantitative estimate of drug-likeness (QED) is 0.609. The van der Waals surface area contributed by atoms with E-state index in [-0.39, 0.29) is 12.4 Å². The van der Waals surface area contributed by atoms with Crippen molar-refractivity contribution in [3.05, 3.63) is 53.5 Å². The molecule has 0 amide bonds. The fourth-order valence-electron chi connectivity index (χ4n) is 4.42. The highest BCUT2D eigenvalue weighted by molar-refractivity contribution is 5.85. The normalized spacial score (nSPS) is 17.5. The molecule has 0 bridgehead atoms. The molecule has 2 aromatic rings. The molecule has 2 atom stereocenters. The van der Waals surface area contributed by atoms with E-state index in [1.54, 1.807) is 13.4 Å². The molecule has 0 spiro atoms. The SMILES string of the molecule is CCC(C1CCCc2cc(OC)ccc21)N(CC)CCc1ccco1.Cl. The van der Waals surface area contributed by atoms with Crippen LogP contribution in [0, 0.1) is 0 Å². The molecule has 4 heteroatoms. The Kier molecular flexibility index (Phi) is 8.05. The van der Waals surface area contributed by atoms with Crippen LogP contribution in [0.1, 0.15) is 55.9 Å². The van der Waals surface area contributed by atoms with Crippen LogP contribution in [0.2, 0.25) is 0 Å². The summed E-state index contributed by atoms with van der Waals surface area (Å²) in [5, 5.41) is 0. The van der Waals surface area contributed by atoms with Crippen molar-refractivity contribution in [1.82, 2.24) is 4.90 Å². The van der Waals surface area contributed by atoms with Crippen molar-refractivity contribution >= 4 is 12.4 Å². The van der Waals surface area contributed by atoms with Crippen LogP contribution in [0.15, 0.2) is 41.0 Å². The maximum absolute atomic E-state index is 5.53. The number of benzene rings is 1. The molecule has 1 aliphatic carbocycles. The van der Waals surface area contributed by atoms with Gasteiger partial charge in [-0.3, -0.25) is 4.90 Å².